The van der Waals surface area contributed by atoms with Gasteiger partial charge in [-0.25, -0.2) is 12.8 Å². The number of aliphatic hydroxyl groups excluding tert-OH is 1. The monoisotopic (exact) mass is 480 g/mol. The SMILES string of the molecule is O=S(=O)(c1ccccc1)N1CCCCN2[C@@H](CO)[C@@H](c3ccc(-c4ccccc4F)cc3)[C@@H]2C1. The predicted molar refractivity (Wildman–Crippen MR) is 130 cm³/mol. The molecule has 0 spiro atoms. The number of fused-ring (bicyclic) bond motifs is 1. The summed E-state index contributed by atoms with van der Waals surface area (Å²) in [7, 11) is -3.60. The molecule has 5 nitrogen and oxygen atoms in total. The van der Waals surface area contributed by atoms with Crippen molar-refractivity contribution in [3.63, 3.8) is 0 Å². The van der Waals surface area contributed by atoms with E-state index in [1.54, 1.807) is 40.7 Å². The number of hydrogen-bond donors (Lipinski definition) is 1. The zero-order valence-electron chi connectivity index (χ0n) is 18.9. The van der Waals surface area contributed by atoms with Crippen LogP contribution in [0.1, 0.15) is 24.3 Å². The lowest BCUT2D eigenvalue weighted by Gasteiger charge is -2.57. The molecule has 2 fully saturated rings. The number of nitrogens with zero attached hydrogens (tertiary/aromatic N) is 2. The van der Waals surface area contributed by atoms with Crippen molar-refractivity contribution in [3.05, 3.63) is 90.2 Å². The highest BCUT2D eigenvalue weighted by Gasteiger charge is 2.50. The Kier molecular flexibility index (Phi) is 6.53. The Hall–Kier alpha value is -2.58. The van der Waals surface area contributed by atoms with Crippen LogP contribution in [0.2, 0.25) is 0 Å². The van der Waals surface area contributed by atoms with E-state index in [2.05, 4.69) is 4.90 Å². The highest BCUT2D eigenvalue weighted by Crippen LogP contribution is 2.43. The Morgan fingerprint density at radius 2 is 1.56 bits per heavy atom. The van der Waals surface area contributed by atoms with Gasteiger partial charge >= 0.3 is 0 Å². The minimum absolute atomic E-state index is 0.00578. The van der Waals surface area contributed by atoms with Crippen molar-refractivity contribution < 1.29 is 17.9 Å². The maximum absolute atomic E-state index is 14.2. The van der Waals surface area contributed by atoms with Crippen LogP contribution in [0.5, 0.6) is 0 Å². The van der Waals surface area contributed by atoms with Gasteiger partial charge in [-0.15, -0.1) is 0 Å². The maximum Gasteiger partial charge on any atom is 0.243 e. The quantitative estimate of drug-likeness (QED) is 0.597. The molecule has 1 N–H and O–H groups in total. The summed E-state index contributed by atoms with van der Waals surface area (Å²) in [4.78, 5) is 2.56. The van der Waals surface area contributed by atoms with Crippen LogP contribution in [-0.4, -0.2) is 61.1 Å². The molecule has 34 heavy (non-hydrogen) atoms. The minimum atomic E-state index is -3.60. The Bertz CT molecular complexity index is 1230. The van der Waals surface area contributed by atoms with Crippen LogP contribution in [0.4, 0.5) is 4.39 Å². The summed E-state index contributed by atoms with van der Waals surface area (Å²) in [5.41, 5.74) is 2.39. The van der Waals surface area contributed by atoms with Crippen LogP contribution in [0.15, 0.2) is 83.8 Å². The molecule has 0 unspecified atom stereocenters. The first-order chi connectivity index (χ1) is 16.5. The second-order valence-electron chi connectivity index (χ2n) is 9.07. The van der Waals surface area contributed by atoms with Gasteiger partial charge in [-0.2, -0.15) is 4.31 Å². The number of sulfonamides is 1. The van der Waals surface area contributed by atoms with Gasteiger partial charge in [0.1, 0.15) is 5.82 Å². The molecule has 0 saturated carbocycles. The molecular formula is C27H29FN2O3S. The Labute approximate surface area is 200 Å². The number of aliphatic hydroxyl groups is 1. The minimum Gasteiger partial charge on any atom is -0.395 e. The van der Waals surface area contributed by atoms with Gasteiger partial charge in [0.05, 0.1) is 11.5 Å². The average molecular weight is 481 g/mol. The molecule has 0 bridgehead atoms. The molecule has 0 aliphatic carbocycles. The third-order valence-corrected chi connectivity index (χ3v) is 9.07. The van der Waals surface area contributed by atoms with Gasteiger partial charge < -0.3 is 5.11 Å². The van der Waals surface area contributed by atoms with Crippen LogP contribution in [0.3, 0.4) is 0 Å². The van der Waals surface area contributed by atoms with Gasteiger partial charge in [0.25, 0.3) is 0 Å². The first-order valence-electron chi connectivity index (χ1n) is 11.8. The first-order valence-corrected chi connectivity index (χ1v) is 13.2. The van der Waals surface area contributed by atoms with Crippen LogP contribution in [0.25, 0.3) is 11.1 Å². The standard InChI is InChI=1S/C27H29FN2O3S/c28-24-11-5-4-10-23(24)20-12-14-21(15-13-20)27-25-18-29(16-6-7-17-30(25)26(27)19-31)34(32,33)22-8-2-1-3-9-22/h1-5,8-15,25-27,31H,6-7,16-19H2/t25-,26-,27-/m0/s1. The van der Waals surface area contributed by atoms with Gasteiger partial charge in [0.15, 0.2) is 0 Å². The second kappa shape index (κ2) is 9.58. The van der Waals surface area contributed by atoms with Crippen LogP contribution in [-0.2, 0) is 10.0 Å². The fourth-order valence-corrected chi connectivity index (χ4v) is 6.97. The molecular weight excluding hydrogens is 451 g/mol. The van der Waals surface area contributed by atoms with Crippen LogP contribution < -0.4 is 0 Å². The van der Waals surface area contributed by atoms with Gasteiger partial charge in [-0.05, 0) is 48.7 Å². The van der Waals surface area contributed by atoms with E-state index in [0.717, 1.165) is 30.5 Å². The smallest absolute Gasteiger partial charge is 0.243 e. The Balaban J connectivity index is 1.43. The van der Waals surface area contributed by atoms with E-state index in [0.29, 0.717) is 23.5 Å². The summed E-state index contributed by atoms with van der Waals surface area (Å²) in [6.07, 6.45) is 1.67. The van der Waals surface area contributed by atoms with E-state index < -0.39 is 10.0 Å². The van der Waals surface area contributed by atoms with Gasteiger partial charge in [0, 0.05) is 36.7 Å². The van der Waals surface area contributed by atoms with E-state index in [9.17, 15) is 17.9 Å². The van der Waals surface area contributed by atoms with Gasteiger partial charge in [-0.1, -0.05) is 60.7 Å². The first kappa shape index (κ1) is 23.2. The third kappa shape index (κ3) is 4.18. The molecule has 0 amide bonds. The summed E-state index contributed by atoms with van der Waals surface area (Å²) >= 11 is 0. The predicted octanol–water partition coefficient (Wildman–Crippen LogP) is 4.11. The normalized spacial score (nSPS) is 24.0. The molecule has 3 aromatic rings. The molecule has 3 atom stereocenters. The second-order valence-corrected chi connectivity index (χ2v) is 11.0. The molecule has 5 rings (SSSR count). The Morgan fingerprint density at radius 1 is 0.882 bits per heavy atom. The van der Waals surface area contributed by atoms with Gasteiger partial charge in [0.2, 0.25) is 10.0 Å². The van der Waals surface area contributed by atoms with Crippen molar-refractivity contribution in [1.29, 1.82) is 0 Å². The molecule has 2 aliphatic rings. The zero-order valence-corrected chi connectivity index (χ0v) is 19.7. The van der Waals surface area contributed by atoms with Crippen molar-refractivity contribution in [1.82, 2.24) is 9.21 Å². The molecule has 2 aliphatic heterocycles. The Morgan fingerprint density at radius 3 is 2.26 bits per heavy atom. The van der Waals surface area contributed by atoms with Crippen molar-refractivity contribution in [2.24, 2.45) is 0 Å². The van der Waals surface area contributed by atoms with Gasteiger partial charge in [-0.3, -0.25) is 4.90 Å². The molecule has 2 heterocycles. The fourth-order valence-electron chi connectivity index (χ4n) is 5.45. The largest absolute Gasteiger partial charge is 0.395 e. The van der Waals surface area contributed by atoms with Crippen molar-refractivity contribution in [3.8, 4) is 11.1 Å². The molecule has 7 heteroatoms. The summed E-state index contributed by atoms with van der Waals surface area (Å²) in [6, 6.07) is 23.0. The number of rotatable bonds is 5. The highest BCUT2D eigenvalue weighted by molar-refractivity contribution is 7.89. The van der Waals surface area contributed by atoms with Crippen molar-refractivity contribution in [2.75, 3.05) is 26.2 Å². The lowest BCUT2D eigenvalue weighted by atomic mass is 9.74. The van der Waals surface area contributed by atoms with E-state index in [1.807, 2.05) is 36.4 Å². The fraction of sp³-hybridized carbons (Fsp3) is 0.333. The summed E-state index contributed by atoms with van der Waals surface area (Å²) < 4.78 is 42.6. The van der Waals surface area contributed by atoms with E-state index in [-0.39, 0.29) is 30.4 Å². The summed E-state index contributed by atoms with van der Waals surface area (Å²) in [5, 5.41) is 10.2. The summed E-state index contributed by atoms with van der Waals surface area (Å²) in [6.45, 7) is 1.73. The van der Waals surface area contributed by atoms with Crippen LogP contribution in [0, 0.1) is 5.82 Å². The number of hydrogen-bond acceptors (Lipinski definition) is 4. The van der Waals surface area contributed by atoms with Crippen molar-refractivity contribution >= 4 is 10.0 Å². The molecule has 2 saturated heterocycles. The highest BCUT2D eigenvalue weighted by atomic mass is 32.2. The molecule has 0 radical (unpaired) electrons. The van der Waals surface area contributed by atoms with Crippen molar-refractivity contribution in [2.45, 2.75) is 35.7 Å². The summed E-state index contributed by atoms with van der Waals surface area (Å²) in [5.74, 6) is -0.258. The molecule has 3 aromatic carbocycles. The molecule has 178 valence electrons. The van der Waals surface area contributed by atoms with Crippen LogP contribution >= 0.6 is 0 Å². The van der Waals surface area contributed by atoms with E-state index in [4.69, 9.17) is 0 Å². The number of benzene rings is 3. The lowest BCUT2D eigenvalue weighted by Crippen LogP contribution is -2.67. The average Bonchev–Trinajstić information content (AvgIpc) is 2.84. The third-order valence-electron chi connectivity index (χ3n) is 7.19. The van der Waals surface area contributed by atoms with E-state index >= 15 is 0 Å². The maximum atomic E-state index is 14.2. The molecule has 0 aromatic heterocycles. The lowest BCUT2D eigenvalue weighted by molar-refractivity contribution is -0.0553. The number of halogens is 1. The van der Waals surface area contributed by atoms with E-state index in [1.165, 1.54) is 6.07 Å². The topological polar surface area (TPSA) is 60.9 Å². The zero-order chi connectivity index (χ0) is 23.7.